The smallest absolute Gasteiger partial charge is 0.324 e. The average Bonchev–Trinajstić information content (AvgIpc) is 2.65. The molecule has 0 spiro atoms. The highest BCUT2D eigenvalue weighted by atomic mass is 32.2. The highest BCUT2D eigenvalue weighted by Crippen LogP contribution is 2.18. The number of rotatable bonds is 8. The monoisotopic (exact) mass is 409 g/mol. The standard InChI is InChI=1S/C19H20FNO6S/c1-12-4-7-15(8-5-12)28(24,25)21-13(2)19(23)27-11-17(22)14-6-9-18(26-3)16(20)10-14/h4-10,13,21H,11H2,1-3H3/t13-/m0/s1. The molecule has 0 saturated carbocycles. The van der Waals surface area contributed by atoms with E-state index in [1.54, 1.807) is 12.1 Å². The molecule has 0 bridgehead atoms. The fraction of sp³-hybridized carbons (Fsp3) is 0.263. The van der Waals surface area contributed by atoms with Gasteiger partial charge in [-0.25, -0.2) is 12.8 Å². The SMILES string of the molecule is COc1ccc(C(=O)COC(=O)[C@H](C)NS(=O)(=O)c2ccc(C)cc2)cc1F. The van der Waals surface area contributed by atoms with E-state index in [0.717, 1.165) is 11.6 Å². The number of Topliss-reactive ketones (excluding diaryl/α,β-unsaturated/α-hetero) is 1. The molecule has 1 N–H and O–H groups in total. The van der Waals surface area contributed by atoms with Gasteiger partial charge < -0.3 is 9.47 Å². The molecule has 0 fully saturated rings. The molecule has 0 aliphatic rings. The first kappa shape index (κ1) is 21.5. The maximum absolute atomic E-state index is 13.6. The predicted molar refractivity (Wildman–Crippen MR) is 99.2 cm³/mol. The van der Waals surface area contributed by atoms with Crippen LogP contribution >= 0.6 is 0 Å². The van der Waals surface area contributed by atoms with E-state index in [0.29, 0.717) is 0 Å². The van der Waals surface area contributed by atoms with E-state index in [4.69, 9.17) is 9.47 Å². The molecule has 0 heterocycles. The van der Waals surface area contributed by atoms with Gasteiger partial charge in [-0.15, -0.1) is 0 Å². The van der Waals surface area contributed by atoms with E-state index in [1.165, 1.54) is 38.3 Å². The number of hydrogen-bond donors (Lipinski definition) is 1. The second-order valence-corrected chi connectivity index (χ2v) is 7.75. The zero-order valence-corrected chi connectivity index (χ0v) is 16.4. The molecular formula is C19H20FNO6S. The summed E-state index contributed by atoms with van der Waals surface area (Å²) in [6.07, 6.45) is 0. The van der Waals surface area contributed by atoms with Crippen molar-refractivity contribution >= 4 is 21.8 Å². The maximum atomic E-state index is 13.6. The van der Waals surface area contributed by atoms with Gasteiger partial charge in [-0.2, -0.15) is 4.72 Å². The number of aryl methyl sites for hydroxylation is 1. The van der Waals surface area contributed by atoms with Crippen molar-refractivity contribution in [2.75, 3.05) is 13.7 Å². The number of ether oxygens (including phenoxy) is 2. The van der Waals surface area contributed by atoms with Gasteiger partial charge in [0.05, 0.1) is 12.0 Å². The summed E-state index contributed by atoms with van der Waals surface area (Å²) < 4.78 is 50.0. The van der Waals surface area contributed by atoms with Gasteiger partial charge >= 0.3 is 5.97 Å². The van der Waals surface area contributed by atoms with Gasteiger partial charge in [0.15, 0.2) is 24.0 Å². The molecule has 0 aromatic heterocycles. The summed E-state index contributed by atoms with van der Waals surface area (Å²) in [7, 11) is -2.63. The Morgan fingerprint density at radius 1 is 1.14 bits per heavy atom. The first-order valence-electron chi connectivity index (χ1n) is 8.26. The molecule has 0 aliphatic carbocycles. The second kappa shape index (κ2) is 8.94. The van der Waals surface area contributed by atoms with Gasteiger partial charge in [-0.1, -0.05) is 17.7 Å². The minimum Gasteiger partial charge on any atom is -0.494 e. The summed E-state index contributed by atoms with van der Waals surface area (Å²) in [5.41, 5.74) is 0.888. The van der Waals surface area contributed by atoms with Crippen molar-refractivity contribution in [1.29, 1.82) is 0 Å². The minimum atomic E-state index is -3.92. The fourth-order valence-corrected chi connectivity index (χ4v) is 3.44. The number of benzene rings is 2. The lowest BCUT2D eigenvalue weighted by atomic mass is 10.1. The van der Waals surface area contributed by atoms with Gasteiger partial charge in [0.25, 0.3) is 0 Å². The van der Waals surface area contributed by atoms with E-state index in [9.17, 15) is 22.4 Å². The first-order chi connectivity index (χ1) is 13.1. The number of halogens is 1. The molecule has 28 heavy (non-hydrogen) atoms. The number of carbonyl (C=O) groups is 2. The molecule has 0 unspecified atom stereocenters. The largest absolute Gasteiger partial charge is 0.494 e. The van der Waals surface area contributed by atoms with Crippen LogP contribution in [0, 0.1) is 12.7 Å². The van der Waals surface area contributed by atoms with E-state index < -0.39 is 40.2 Å². The molecule has 1 atom stereocenters. The number of hydrogen-bond acceptors (Lipinski definition) is 6. The van der Waals surface area contributed by atoms with Crippen LogP contribution in [0.15, 0.2) is 47.4 Å². The summed E-state index contributed by atoms with van der Waals surface area (Å²) in [4.78, 5) is 24.1. The summed E-state index contributed by atoms with van der Waals surface area (Å²) >= 11 is 0. The Labute approximate surface area is 162 Å². The van der Waals surface area contributed by atoms with Crippen molar-refractivity contribution in [3.8, 4) is 5.75 Å². The number of nitrogens with one attached hydrogen (secondary N) is 1. The third-order valence-corrected chi connectivity index (χ3v) is 5.39. The fourth-order valence-electron chi connectivity index (χ4n) is 2.25. The Morgan fingerprint density at radius 2 is 1.79 bits per heavy atom. The molecule has 2 rings (SSSR count). The lowest BCUT2D eigenvalue weighted by Gasteiger charge is -2.14. The Morgan fingerprint density at radius 3 is 2.36 bits per heavy atom. The molecule has 9 heteroatoms. The van der Waals surface area contributed by atoms with Crippen molar-refractivity contribution < 1.29 is 31.9 Å². The van der Waals surface area contributed by atoms with Gasteiger partial charge in [0.2, 0.25) is 10.0 Å². The zero-order valence-electron chi connectivity index (χ0n) is 15.6. The van der Waals surface area contributed by atoms with Gasteiger partial charge in [0, 0.05) is 5.56 Å². The van der Waals surface area contributed by atoms with Gasteiger partial charge in [-0.3, -0.25) is 9.59 Å². The van der Waals surface area contributed by atoms with Crippen LogP contribution in [0.4, 0.5) is 4.39 Å². The van der Waals surface area contributed by atoms with Crippen molar-refractivity contribution in [3.05, 3.63) is 59.4 Å². The molecule has 0 amide bonds. The molecule has 150 valence electrons. The van der Waals surface area contributed by atoms with Crippen molar-refractivity contribution in [2.45, 2.75) is 24.8 Å². The molecule has 2 aromatic carbocycles. The Balaban J connectivity index is 1.95. The van der Waals surface area contributed by atoms with Gasteiger partial charge in [-0.05, 0) is 44.2 Å². The Kier molecular flexibility index (Phi) is 6.87. The van der Waals surface area contributed by atoms with Crippen molar-refractivity contribution in [2.24, 2.45) is 0 Å². The summed E-state index contributed by atoms with van der Waals surface area (Å²) in [6.45, 7) is 2.46. The van der Waals surface area contributed by atoms with Crippen LogP contribution in [0.2, 0.25) is 0 Å². The van der Waals surface area contributed by atoms with Crippen molar-refractivity contribution in [1.82, 2.24) is 4.72 Å². The highest BCUT2D eigenvalue weighted by molar-refractivity contribution is 7.89. The third kappa shape index (κ3) is 5.37. The normalized spacial score (nSPS) is 12.3. The number of ketones is 1. The van der Waals surface area contributed by atoms with Crippen LogP contribution < -0.4 is 9.46 Å². The van der Waals surface area contributed by atoms with Crippen LogP contribution in [-0.4, -0.2) is 39.9 Å². The predicted octanol–water partition coefficient (Wildman–Crippen LogP) is 2.24. The number of esters is 1. The number of methoxy groups -OCH3 is 1. The molecule has 0 saturated heterocycles. The molecule has 0 aliphatic heterocycles. The topological polar surface area (TPSA) is 98.8 Å². The molecule has 0 radical (unpaired) electrons. The second-order valence-electron chi connectivity index (χ2n) is 6.04. The molecule has 7 nitrogen and oxygen atoms in total. The molecule has 2 aromatic rings. The first-order valence-corrected chi connectivity index (χ1v) is 9.74. The van der Waals surface area contributed by atoms with Crippen LogP contribution in [0.1, 0.15) is 22.8 Å². The maximum Gasteiger partial charge on any atom is 0.324 e. The summed E-state index contributed by atoms with van der Waals surface area (Å²) in [5.74, 6) is -2.31. The van der Waals surface area contributed by atoms with Crippen LogP contribution in [0.25, 0.3) is 0 Å². The Hall–Kier alpha value is -2.78. The lowest BCUT2D eigenvalue weighted by Crippen LogP contribution is -2.40. The van der Waals surface area contributed by atoms with E-state index in [2.05, 4.69) is 4.72 Å². The van der Waals surface area contributed by atoms with Crippen LogP contribution in [-0.2, 0) is 19.6 Å². The lowest BCUT2D eigenvalue weighted by molar-refractivity contribution is -0.144. The minimum absolute atomic E-state index is 0.000936. The number of sulfonamides is 1. The average molecular weight is 409 g/mol. The van der Waals surface area contributed by atoms with E-state index in [-0.39, 0.29) is 16.2 Å². The number of carbonyl (C=O) groups excluding carboxylic acids is 2. The highest BCUT2D eigenvalue weighted by Gasteiger charge is 2.24. The quantitative estimate of drug-likeness (QED) is 0.530. The summed E-state index contributed by atoms with van der Waals surface area (Å²) in [5, 5.41) is 0. The van der Waals surface area contributed by atoms with E-state index in [1.807, 2.05) is 6.92 Å². The molecular weight excluding hydrogens is 389 g/mol. The van der Waals surface area contributed by atoms with Crippen LogP contribution in [0.5, 0.6) is 5.75 Å². The van der Waals surface area contributed by atoms with E-state index >= 15 is 0 Å². The summed E-state index contributed by atoms with van der Waals surface area (Å²) in [6, 6.07) is 8.46. The van der Waals surface area contributed by atoms with Crippen LogP contribution in [0.3, 0.4) is 0 Å². The zero-order chi connectivity index (χ0) is 20.9. The van der Waals surface area contributed by atoms with Gasteiger partial charge in [0.1, 0.15) is 6.04 Å². The third-order valence-electron chi connectivity index (χ3n) is 3.84. The van der Waals surface area contributed by atoms with Crippen molar-refractivity contribution in [3.63, 3.8) is 0 Å². The Bertz CT molecular complexity index is 972.